The number of piperidine rings is 2. The Morgan fingerprint density at radius 1 is 1.22 bits per heavy atom. The Hall–Kier alpha value is -0.0400. The third-order valence-electron chi connectivity index (χ3n) is 3.21. The number of nitrogens with zero attached hydrogens (tertiary/aromatic N) is 1. The van der Waals surface area contributed by atoms with E-state index in [2.05, 4.69) is 11.4 Å². The first kappa shape index (κ1) is 4.73. The van der Waals surface area contributed by atoms with Crippen LogP contribution in [0.25, 0.3) is 0 Å². The van der Waals surface area contributed by atoms with Gasteiger partial charge in [-0.3, -0.25) is 4.90 Å². The van der Waals surface area contributed by atoms with Gasteiger partial charge >= 0.3 is 0 Å². The lowest BCUT2D eigenvalue weighted by Crippen LogP contribution is -2.30. The minimum Gasteiger partial charge on any atom is -0.298 e. The fourth-order valence-corrected chi connectivity index (χ4v) is 2.92. The molecule has 0 N–H and O–H groups in total. The summed E-state index contributed by atoms with van der Waals surface area (Å²) in [7, 11) is 0. The van der Waals surface area contributed by atoms with E-state index in [1.54, 1.807) is 0 Å². The molecule has 4 unspecified atom stereocenters. The van der Waals surface area contributed by atoms with E-state index >= 15 is 0 Å². The molecule has 4 rings (SSSR count). The van der Waals surface area contributed by atoms with Gasteiger partial charge in [-0.1, -0.05) is 0 Å². The molecule has 1 nitrogen and oxygen atoms in total. The average Bonchev–Trinajstić information content (AvgIpc) is 2.20. The molecular formula is C8H12N. The molecular weight excluding hydrogens is 110 g/mol. The number of hydrogen-bond donors (Lipinski definition) is 0. The number of rotatable bonds is 0. The maximum absolute atomic E-state index is 2.53. The molecule has 9 heavy (non-hydrogen) atoms. The van der Waals surface area contributed by atoms with Crippen molar-refractivity contribution in [2.24, 2.45) is 17.8 Å². The van der Waals surface area contributed by atoms with Crippen molar-refractivity contribution < 1.29 is 0 Å². The van der Waals surface area contributed by atoms with Gasteiger partial charge in [0, 0.05) is 19.6 Å². The van der Waals surface area contributed by atoms with Gasteiger partial charge in [-0.25, -0.2) is 0 Å². The molecule has 1 heteroatoms. The van der Waals surface area contributed by atoms with Crippen LogP contribution in [0.1, 0.15) is 12.8 Å². The molecule has 4 bridgehead atoms. The maximum Gasteiger partial charge on any atom is 0.0286 e. The summed E-state index contributed by atoms with van der Waals surface area (Å²) >= 11 is 0. The lowest BCUT2D eigenvalue weighted by molar-refractivity contribution is 0.231. The maximum atomic E-state index is 2.53. The predicted molar refractivity (Wildman–Crippen MR) is 35.6 cm³/mol. The molecule has 1 saturated carbocycles. The topological polar surface area (TPSA) is 3.24 Å². The van der Waals surface area contributed by atoms with Gasteiger partial charge in [-0.15, -0.1) is 0 Å². The van der Waals surface area contributed by atoms with Crippen LogP contribution in [-0.2, 0) is 0 Å². The average molecular weight is 122 g/mol. The van der Waals surface area contributed by atoms with Gasteiger partial charge in [0.05, 0.1) is 0 Å². The predicted octanol–water partition coefficient (Wildman–Crippen LogP) is 1.12. The highest BCUT2D eigenvalue weighted by Crippen LogP contribution is 2.48. The molecule has 1 aliphatic carbocycles. The van der Waals surface area contributed by atoms with Gasteiger partial charge in [-0.05, 0) is 30.6 Å². The van der Waals surface area contributed by atoms with E-state index in [0.717, 1.165) is 17.8 Å². The largest absolute Gasteiger partial charge is 0.298 e. The van der Waals surface area contributed by atoms with Crippen LogP contribution < -0.4 is 0 Å². The van der Waals surface area contributed by atoms with E-state index in [0.29, 0.717) is 0 Å². The van der Waals surface area contributed by atoms with E-state index in [-0.39, 0.29) is 0 Å². The van der Waals surface area contributed by atoms with Gasteiger partial charge in [0.15, 0.2) is 0 Å². The molecule has 3 aliphatic heterocycles. The standard InChI is InChI=1S/C8H12N/c1-6-2-8-5-9(3-6)4-7(1)8/h4,6-8H,1-3,5H2. The summed E-state index contributed by atoms with van der Waals surface area (Å²) < 4.78 is 0. The second-order valence-electron chi connectivity index (χ2n) is 3.86. The van der Waals surface area contributed by atoms with Crippen molar-refractivity contribution in [3.63, 3.8) is 0 Å². The normalized spacial score (nSPS) is 61.3. The molecule has 0 spiro atoms. The summed E-state index contributed by atoms with van der Waals surface area (Å²) in [6.07, 6.45) is 3.05. The van der Waals surface area contributed by atoms with Crippen molar-refractivity contribution in [2.75, 3.05) is 13.1 Å². The van der Waals surface area contributed by atoms with Gasteiger partial charge < -0.3 is 0 Å². The molecule has 0 aromatic carbocycles. The molecule has 1 radical (unpaired) electrons. The molecule has 4 fully saturated rings. The molecule has 49 valence electrons. The Balaban J connectivity index is 2.00. The minimum absolute atomic E-state index is 1.00. The lowest BCUT2D eigenvalue weighted by atomic mass is 10.0. The van der Waals surface area contributed by atoms with Gasteiger partial charge in [0.2, 0.25) is 0 Å². The molecule has 3 saturated heterocycles. The smallest absolute Gasteiger partial charge is 0.0286 e. The summed E-state index contributed by atoms with van der Waals surface area (Å²) in [5, 5.41) is 0. The Labute approximate surface area is 56.0 Å². The molecule has 0 aromatic rings. The molecule has 0 aromatic heterocycles. The SMILES string of the molecule is [CH]1C2CC3CC2CN1C3. The van der Waals surface area contributed by atoms with Crippen LogP contribution in [0.5, 0.6) is 0 Å². The summed E-state index contributed by atoms with van der Waals surface area (Å²) in [4.78, 5) is 2.53. The zero-order valence-electron chi connectivity index (χ0n) is 5.59. The highest BCUT2D eigenvalue weighted by atomic mass is 15.2. The van der Waals surface area contributed by atoms with Gasteiger partial charge in [0.1, 0.15) is 0 Å². The Kier molecular flexibility index (Phi) is 0.704. The second-order valence-corrected chi connectivity index (χ2v) is 3.86. The Morgan fingerprint density at radius 2 is 2.22 bits per heavy atom. The zero-order chi connectivity index (χ0) is 5.84. The summed E-state index contributed by atoms with van der Waals surface area (Å²) in [5.41, 5.74) is 0. The van der Waals surface area contributed by atoms with Crippen LogP contribution in [0.4, 0.5) is 0 Å². The van der Waals surface area contributed by atoms with Crippen LogP contribution in [0.3, 0.4) is 0 Å². The first-order valence-corrected chi connectivity index (χ1v) is 4.01. The van der Waals surface area contributed by atoms with Gasteiger partial charge in [-0.2, -0.15) is 0 Å². The van der Waals surface area contributed by atoms with Crippen molar-refractivity contribution in [1.29, 1.82) is 0 Å². The van der Waals surface area contributed by atoms with E-state index in [1.807, 2.05) is 0 Å². The highest BCUT2D eigenvalue weighted by Gasteiger charge is 2.46. The van der Waals surface area contributed by atoms with Crippen LogP contribution in [0.2, 0.25) is 0 Å². The van der Waals surface area contributed by atoms with E-state index < -0.39 is 0 Å². The van der Waals surface area contributed by atoms with Crippen LogP contribution in [-0.4, -0.2) is 18.0 Å². The van der Waals surface area contributed by atoms with Crippen molar-refractivity contribution >= 4 is 0 Å². The third-order valence-corrected chi connectivity index (χ3v) is 3.21. The second kappa shape index (κ2) is 1.34. The minimum atomic E-state index is 1.00. The monoisotopic (exact) mass is 122 g/mol. The fraction of sp³-hybridized carbons (Fsp3) is 0.875. The fourth-order valence-electron chi connectivity index (χ4n) is 2.92. The first-order valence-electron chi connectivity index (χ1n) is 4.01. The third kappa shape index (κ3) is 0.493. The molecule has 0 amide bonds. The first-order chi connectivity index (χ1) is 4.42. The zero-order valence-corrected chi connectivity index (χ0v) is 5.59. The van der Waals surface area contributed by atoms with Crippen molar-refractivity contribution in [1.82, 2.24) is 4.90 Å². The molecule has 3 heterocycles. The molecule has 4 aliphatic rings. The van der Waals surface area contributed by atoms with Crippen molar-refractivity contribution in [2.45, 2.75) is 12.8 Å². The number of hydrogen-bond acceptors (Lipinski definition) is 1. The van der Waals surface area contributed by atoms with Crippen LogP contribution >= 0.6 is 0 Å². The Morgan fingerprint density at radius 3 is 2.89 bits per heavy atom. The summed E-state index contributed by atoms with van der Waals surface area (Å²) in [5.74, 6) is 3.16. The van der Waals surface area contributed by atoms with Crippen LogP contribution in [0.15, 0.2) is 0 Å². The Bertz CT molecular complexity index is 110. The quantitative estimate of drug-likeness (QED) is 0.465. The highest BCUT2D eigenvalue weighted by molar-refractivity contribution is 5.04. The summed E-state index contributed by atoms with van der Waals surface area (Å²) in [6, 6.07) is 0. The van der Waals surface area contributed by atoms with Crippen molar-refractivity contribution in [3.05, 3.63) is 6.54 Å². The van der Waals surface area contributed by atoms with E-state index in [9.17, 15) is 0 Å². The van der Waals surface area contributed by atoms with Gasteiger partial charge in [0.25, 0.3) is 0 Å². The molecule has 4 atom stereocenters. The summed E-state index contributed by atoms with van der Waals surface area (Å²) in [6.45, 7) is 5.25. The lowest BCUT2D eigenvalue weighted by Gasteiger charge is -2.27. The van der Waals surface area contributed by atoms with Crippen LogP contribution in [0, 0.1) is 24.3 Å². The van der Waals surface area contributed by atoms with E-state index in [1.165, 1.54) is 25.9 Å². The van der Waals surface area contributed by atoms with E-state index in [4.69, 9.17) is 0 Å². The van der Waals surface area contributed by atoms with Crippen molar-refractivity contribution in [3.8, 4) is 0 Å².